The summed E-state index contributed by atoms with van der Waals surface area (Å²) in [5.74, 6) is 0. The van der Waals surface area contributed by atoms with Crippen LogP contribution in [0.25, 0.3) is 10.8 Å². The van der Waals surface area contributed by atoms with Gasteiger partial charge in [0.15, 0.2) is 0 Å². The fourth-order valence-corrected chi connectivity index (χ4v) is 1.69. The zero-order chi connectivity index (χ0) is 9.97. The number of hydrogen-bond acceptors (Lipinski definition) is 2. The monoisotopic (exact) mass is 189 g/mol. The molecular weight excluding hydrogens is 174 g/mol. The van der Waals surface area contributed by atoms with Gasteiger partial charge < -0.3 is 10.2 Å². The maximum Gasteiger partial charge on any atom is 0.0981 e. The van der Waals surface area contributed by atoms with Crippen molar-refractivity contribution in [2.75, 3.05) is 0 Å². The van der Waals surface area contributed by atoms with Gasteiger partial charge in [-0.2, -0.15) is 0 Å². The van der Waals surface area contributed by atoms with Crippen molar-refractivity contribution in [3.05, 3.63) is 36.3 Å². The van der Waals surface area contributed by atoms with Crippen LogP contribution in [0.4, 0.5) is 0 Å². The van der Waals surface area contributed by atoms with E-state index in [1.165, 1.54) is 5.56 Å². The van der Waals surface area contributed by atoms with Crippen molar-refractivity contribution in [1.82, 2.24) is 0 Å². The Labute approximate surface area is 83.7 Å². The molecule has 1 heterocycles. The summed E-state index contributed by atoms with van der Waals surface area (Å²) in [6.45, 7) is 2.15. The minimum absolute atomic E-state index is 0.152. The fraction of sp³-hybridized carbons (Fsp3) is 0.333. The number of hydrogen-bond donors (Lipinski definition) is 1. The highest BCUT2D eigenvalue weighted by atomic mass is 16.3. The molecule has 1 aromatic carbocycles. The van der Waals surface area contributed by atoms with Crippen LogP contribution in [0.15, 0.2) is 35.1 Å². The number of fused-ring (bicyclic) bond motifs is 1. The standard InChI is InChI=1S/C12H15NO/c1-2-3-12(13)9-4-5-10-7-14-8-11(10)6-9/h4-8,12H,2-3,13H2,1H3/t12-/m1/s1. The Kier molecular flexibility index (Phi) is 2.55. The maximum absolute atomic E-state index is 6.03. The van der Waals surface area contributed by atoms with Gasteiger partial charge in [-0.05, 0) is 18.1 Å². The van der Waals surface area contributed by atoms with E-state index in [-0.39, 0.29) is 6.04 Å². The van der Waals surface area contributed by atoms with Gasteiger partial charge >= 0.3 is 0 Å². The Morgan fingerprint density at radius 1 is 1.29 bits per heavy atom. The van der Waals surface area contributed by atoms with Crippen LogP contribution >= 0.6 is 0 Å². The summed E-state index contributed by atoms with van der Waals surface area (Å²) in [5.41, 5.74) is 7.23. The topological polar surface area (TPSA) is 39.2 Å². The van der Waals surface area contributed by atoms with E-state index in [9.17, 15) is 0 Å². The quantitative estimate of drug-likeness (QED) is 0.805. The van der Waals surface area contributed by atoms with Crippen molar-refractivity contribution < 1.29 is 4.42 Å². The molecule has 2 N–H and O–H groups in total. The van der Waals surface area contributed by atoms with Crippen LogP contribution in [0.5, 0.6) is 0 Å². The van der Waals surface area contributed by atoms with Crippen LogP contribution in [-0.4, -0.2) is 0 Å². The summed E-state index contributed by atoms with van der Waals surface area (Å²) in [6, 6.07) is 6.40. The van der Waals surface area contributed by atoms with Crippen molar-refractivity contribution in [3.8, 4) is 0 Å². The van der Waals surface area contributed by atoms with Crippen molar-refractivity contribution in [2.24, 2.45) is 5.73 Å². The van der Waals surface area contributed by atoms with E-state index in [0.717, 1.165) is 23.6 Å². The molecule has 0 bridgehead atoms. The minimum Gasteiger partial charge on any atom is -0.471 e. The Hall–Kier alpha value is -1.28. The van der Waals surface area contributed by atoms with E-state index in [0.29, 0.717) is 0 Å². The molecule has 2 heteroatoms. The van der Waals surface area contributed by atoms with E-state index >= 15 is 0 Å². The molecule has 2 aromatic rings. The lowest BCUT2D eigenvalue weighted by Gasteiger charge is -2.10. The first-order valence-electron chi connectivity index (χ1n) is 5.02. The third-order valence-electron chi connectivity index (χ3n) is 2.53. The lowest BCUT2D eigenvalue weighted by atomic mass is 10.0. The van der Waals surface area contributed by atoms with E-state index in [1.807, 2.05) is 0 Å². The van der Waals surface area contributed by atoms with Gasteiger partial charge in [-0.1, -0.05) is 25.5 Å². The molecule has 2 nitrogen and oxygen atoms in total. The number of benzene rings is 1. The van der Waals surface area contributed by atoms with Crippen LogP contribution < -0.4 is 5.73 Å². The first kappa shape index (κ1) is 9.28. The van der Waals surface area contributed by atoms with Crippen LogP contribution in [-0.2, 0) is 0 Å². The van der Waals surface area contributed by atoms with Crippen molar-refractivity contribution in [2.45, 2.75) is 25.8 Å². The third kappa shape index (κ3) is 1.66. The molecule has 0 spiro atoms. The summed E-state index contributed by atoms with van der Waals surface area (Å²) in [4.78, 5) is 0. The molecule has 1 aromatic heterocycles. The second-order valence-electron chi connectivity index (χ2n) is 3.66. The molecule has 0 saturated heterocycles. The van der Waals surface area contributed by atoms with Crippen LogP contribution in [0.3, 0.4) is 0 Å². The normalized spacial score (nSPS) is 13.3. The molecule has 74 valence electrons. The molecule has 0 aliphatic heterocycles. The SMILES string of the molecule is CCC[C@@H](N)c1ccc2cocc2c1. The van der Waals surface area contributed by atoms with Crippen molar-refractivity contribution in [1.29, 1.82) is 0 Å². The molecule has 0 saturated carbocycles. The molecule has 0 radical (unpaired) electrons. The van der Waals surface area contributed by atoms with E-state index in [4.69, 9.17) is 10.2 Å². The van der Waals surface area contributed by atoms with Gasteiger partial charge in [0.05, 0.1) is 12.5 Å². The number of rotatable bonds is 3. The molecule has 0 unspecified atom stereocenters. The second kappa shape index (κ2) is 3.84. The summed E-state index contributed by atoms with van der Waals surface area (Å²) in [5, 5.41) is 2.27. The number of furan rings is 1. The van der Waals surface area contributed by atoms with E-state index in [1.54, 1.807) is 12.5 Å². The summed E-state index contributed by atoms with van der Waals surface area (Å²) in [7, 11) is 0. The van der Waals surface area contributed by atoms with Crippen molar-refractivity contribution >= 4 is 10.8 Å². The van der Waals surface area contributed by atoms with Crippen LogP contribution in [0.2, 0.25) is 0 Å². The minimum atomic E-state index is 0.152. The Morgan fingerprint density at radius 2 is 2.07 bits per heavy atom. The summed E-state index contributed by atoms with van der Waals surface area (Å²) >= 11 is 0. The largest absolute Gasteiger partial charge is 0.471 e. The Morgan fingerprint density at radius 3 is 2.86 bits per heavy atom. The van der Waals surface area contributed by atoms with Crippen LogP contribution in [0, 0.1) is 0 Å². The molecule has 2 rings (SSSR count). The summed E-state index contributed by atoms with van der Waals surface area (Å²) < 4.78 is 5.12. The molecule has 0 aliphatic carbocycles. The fourth-order valence-electron chi connectivity index (χ4n) is 1.69. The van der Waals surface area contributed by atoms with Gasteiger partial charge in [-0.25, -0.2) is 0 Å². The molecule has 0 aliphatic rings. The predicted molar refractivity (Wildman–Crippen MR) is 58.1 cm³/mol. The predicted octanol–water partition coefficient (Wildman–Crippen LogP) is 3.23. The van der Waals surface area contributed by atoms with Gasteiger partial charge in [0, 0.05) is 16.8 Å². The molecule has 0 fully saturated rings. The first-order valence-corrected chi connectivity index (χ1v) is 5.02. The van der Waals surface area contributed by atoms with Crippen molar-refractivity contribution in [3.63, 3.8) is 0 Å². The molecule has 0 amide bonds. The molecule has 14 heavy (non-hydrogen) atoms. The molecular formula is C12H15NO. The van der Waals surface area contributed by atoms with Crippen LogP contribution in [0.1, 0.15) is 31.4 Å². The zero-order valence-electron chi connectivity index (χ0n) is 8.36. The third-order valence-corrected chi connectivity index (χ3v) is 2.53. The zero-order valence-corrected chi connectivity index (χ0v) is 8.36. The smallest absolute Gasteiger partial charge is 0.0981 e. The van der Waals surface area contributed by atoms with Gasteiger partial charge in [-0.15, -0.1) is 0 Å². The maximum atomic E-state index is 6.03. The lowest BCUT2D eigenvalue weighted by Crippen LogP contribution is -2.09. The molecule has 1 atom stereocenters. The van der Waals surface area contributed by atoms with E-state index in [2.05, 4.69) is 25.1 Å². The Balaban J connectivity index is 2.33. The first-order chi connectivity index (χ1) is 6.81. The van der Waals surface area contributed by atoms with E-state index < -0.39 is 0 Å². The highest BCUT2D eigenvalue weighted by Crippen LogP contribution is 2.22. The average molecular weight is 189 g/mol. The highest BCUT2D eigenvalue weighted by Gasteiger charge is 2.05. The van der Waals surface area contributed by atoms with Gasteiger partial charge in [-0.3, -0.25) is 0 Å². The van der Waals surface area contributed by atoms with Gasteiger partial charge in [0.25, 0.3) is 0 Å². The number of nitrogens with two attached hydrogens (primary N) is 1. The average Bonchev–Trinajstić information content (AvgIpc) is 2.64. The van der Waals surface area contributed by atoms with Gasteiger partial charge in [0.2, 0.25) is 0 Å². The summed E-state index contributed by atoms with van der Waals surface area (Å²) in [6.07, 6.45) is 5.66. The van der Waals surface area contributed by atoms with Gasteiger partial charge in [0.1, 0.15) is 0 Å². The second-order valence-corrected chi connectivity index (χ2v) is 3.66. The highest BCUT2D eigenvalue weighted by molar-refractivity contribution is 5.81. The lowest BCUT2D eigenvalue weighted by molar-refractivity contribution is 0.572. The Bertz CT molecular complexity index is 419.